The number of rotatable bonds is 3. The maximum atomic E-state index is 11.8. The van der Waals surface area contributed by atoms with Gasteiger partial charge < -0.3 is 5.32 Å². The smallest absolute Gasteiger partial charge is 0.333 e. The molecule has 1 saturated heterocycles. The summed E-state index contributed by atoms with van der Waals surface area (Å²) in [5.41, 5.74) is 6.93. The maximum Gasteiger partial charge on any atom is 0.335 e. The first kappa shape index (κ1) is 16.0. The van der Waals surface area contributed by atoms with E-state index in [1.54, 1.807) is 0 Å². The number of aryl methyl sites for hydroxylation is 2. The maximum absolute atomic E-state index is 11.8. The van der Waals surface area contributed by atoms with Gasteiger partial charge in [-0.1, -0.05) is 12.1 Å². The average Bonchev–Trinajstić information content (AvgIpc) is 3.10. The quantitative estimate of drug-likeness (QED) is 0.646. The van der Waals surface area contributed by atoms with Crippen LogP contribution in [0.1, 0.15) is 36.5 Å². The van der Waals surface area contributed by atoms with E-state index >= 15 is 0 Å². The van der Waals surface area contributed by atoms with Gasteiger partial charge >= 0.3 is 6.03 Å². The zero-order chi connectivity index (χ0) is 16.4. The standard InChI is InChI=1S/C16H21N3O3S/c1-11(13-6-5-12-3-2-4-14(12)9-13)18-19-16(20)17-15-7-8-23(21,22)10-15/h5-6,9,15H,2-4,7-8,10H2,1H3,(H2,17,19,20). The monoisotopic (exact) mass is 335 g/mol. The van der Waals surface area contributed by atoms with E-state index in [-0.39, 0.29) is 17.5 Å². The van der Waals surface area contributed by atoms with Crippen molar-refractivity contribution < 1.29 is 13.2 Å². The Morgan fingerprint density at radius 2 is 2.04 bits per heavy atom. The van der Waals surface area contributed by atoms with Crippen molar-refractivity contribution in [3.63, 3.8) is 0 Å². The molecular formula is C16H21N3O3S. The Morgan fingerprint density at radius 3 is 2.78 bits per heavy atom. The van der Waals surface area contributed by atoms with E-state index in [9.17, 15) is 13.2 Å². The van der Waals surface area contributed by atoms with Gasteiger partial charge in [0.25, 0.3) is 0 Å². The van der Waals surface area contributed by atoms with Gasteiger partial charge in [0, 0.05) is 6.04 Å². The second-order valence-corrected chi connectivity index (χ2v) is 8.45. The van der Waals surface area contributed by atoms with Crippen LogP contribution in [0.2, 0.25) is 0 Å². The molecule has 1 aliphatic carbocycles. The number of amides is 2. The Labute approximate surface area is 136 Å². The van der Waals surface area contributed by atoms with E-state index in [2.05, 4.69) is 28.0 Å². The molecular weight excluding hydrogens is 314 g/mol. The van der Waals surface area contributed by atoms with E-state index in [1.165, 1.54) is 17.5 Å². The molecule has 0 radical (unpaired) electrons. The fourth-order valence-electron chi connectivity index (χ4n) is 3.12. The number of fused-ring (bicyclic) bond motifs is 1. The molecule has 23 heavy (non-hydrogen) atoms. The molecule has 1 fully saturated rings. The van der Waals surface area contributed by atoms with Crippen LogP contribution in [0, 0.1) is 0 Å². The van der Waals surface area contributed by atoms with Gasteiger partial charge in [-0.2, -0.15) is 5.10 Å². The molecule has 2 N–H and O–H groups in total. The minimum Gasteiger partial charge on any atom is -0.333 e. The van der Waals surface area contributed by atoms with Crippen LogP contribution in [-0.2, 0) is 22.7 Å². The first-order valence-electron chi connectivity index (χ1n) is 7.86. The summed E-state index contributed by atoms with van der Waals surface area (Å²) in [6.45, 7) is 1.84. The first-order chi connectivity index (χ1) is 10.9. The summed E-state index contributed by atoms with van der Waals surface area (Å²) in [6.07, 6.45) is 3.89. The molecule has 0 bridgehead atoms. The number of sulfone groups is 1. The molecule has 1 aromatic carbocycles. The number of nitrogens with one attached hydrogen (secondary N) is 2. The van der Waals surface area contributed by atoms with E-state index in [1.807, 2.05) is 13.0 Å². The van der Waals surface area contributed by atoms with E-state index < -0.39 is 15.9 Å². The lowest BCUT2D eigenvalue weighted by molar-refractivity contribution is 0.238. The Morgan fingerprint density at radius 1 is 1.26 bits per heavy atom. The second-order valence-electron chi connectivity index (χ2n) is 6.22. The molecule has 0 saturated carbocycles. The van der Waals surface area contributed by atoms with Crippen molar-refractivity contribution in [2.45, 2.75) is 38.6 Å². The first-order valence-corrected chi connectivity index (χ1v) is 9.68. The van der Waals surface area contributed by atoms with E-state index in [0.717, 1.165) is 24.1 Å². The fraction of sp³-hybridized carbons (Fsp3) is 0.500. The van der Waals surface area contributed by atoms with Gasteiger partial charge in [0.2, 0.25) is 0 Å². The van der Waals surface area contributed by atoms with Gasteiger partial charge in [-0.15, -0.1) is 0 Å². The lowest BCUT2D eigenvalue weighted by atomic mass is 10.0. The molecule has 1 aliphatic heterocycles. The van der Waals surface area contributed by atoms with Crippen molar-refractivity contribution >= 4 is 21.6 Å². The molecule has 124 valence electrons. The van der Waals surface area contributed by atoms with Crippen LogP contribution in [0.3, 0.4) is 0 Å². The predicted octanol–water partition coefficient (Wildman–Crippen LogP) is 1.39. The number of hydrogen-bond acceptors (Lipinski definition) is 4. The van der Waals surface area contributed by atoms with Crippen molar-refractivity contribution in [2.24, 2.45) is 5.10 Å². The van der Waals surface area contributed by atoms with Crippen LogP contribution < -0.4 is 10.7 Å². The molecule has 6 nitrogen and oxygen atoms in total. The van der Waals surface area contributed by atoms with Crippen LogP contribution in [-0.4, -0.2) is 37.7 Å². The molecule has 0 spiro atoms. The van der Waals surface area contributed by atoms with Gasteiger partial charge in [-0.05, 0) is 55.4 Å². The summed E-state index contributed by atoms with van der Waals surface area (Å²) in [4.78, 5) is 11.8. The lowest BCUT2D eigenvalue weighted by Gasteiger charge is -2.10. The number of carbonyl (C=O) groups is 1. The molecule has 1 heterocycles. The van der Waals surface area contributed by atoms with Crippen molar-refractivity contribution in [3.8, 4) is 0 Å². The predicted molar refractivity (Wildman–Crippen MR) is 89.4 cm³/mol. The number of benzene rings is 1. The normalized spacial score (nSPS) is 22.7. The van der Waals surface area contributed by atoms with Crippen molar-refractivity contribution in [3.05, 3.63) is 34.9 Å². The second kappa shape index (κ2) is 6.31. The number of hydrazone groups is 1. The highest BCUT2D eigenvalue weighted by atomic mass is 32.2. The lowest BCUT2D eigenvalue weighted by Crippen LogP contribution is -2.41. The van der Waals surface area contributed by atoms with Crippen LogP contribution in [0.15, 0.2) is 23.3 Å². The Kier molecular flexibility index (Phi) is 4.39. The van der Waals surface area contributed by atoms with Crippen LogP contribution in [0.4, 0.5) is 4.79 Å². The Hall–Kier alpha value is -1.89. The number of urea groups is 1. The Bertz CT molecular complexity index is 756. The van der Waals surface area contributed by atoms with Gasteiger partial charge in [0.15, 0.2) is 9.84 Å². The molecule has 3 rings (SSSR count). The highest BCUT2D eigenvalue weighted by Crippen LogP contribution is 2.23. The third-order valence-corrected chi connectivity index (χ3v) is 6.18. The summed E-state index contributed by atoms with van der Waals surface area (Å²) in [6, 6.07) is 5.49. The summed E-state index contributed by atoms with van der Waals surface area (Å²) < 4.78 is 22.7. The van der Waals surface area contributed by atoms with Crippen molar-refractivity contribution in [1.82, 2.24) is 10.7 Å². The number of nitrogens with zero attached hydrogens (tertiary/aromatic N) is 1. The van der Waals surface area contributed by atoms with Crippen LogP contribution >= 0.6 is 0 Å². The summed E-state index contributed by atoms with van der Waals surface area (Å²) in [5.74, 6) is 0.142. The molecule has 1 aromatic rings. The van der Waals surface area contributed by atoms with Gasteiger partial charge in [-0.3, -0.25) is 0 Å². The van der Waals surface area contributed by atoms with E-state index in [4.69, 9.17) is 0 Å². The summed E-state index contributed by atoms with van der Waals surface area (Å²) in [7, 11) is -3.00. The van der Waals surface area contributed by atoms with Gasteiger partial charge in [0.05, 0.1) is 17.2 Å². The van der Waals surface area contributed by atoms with Gasteiger partial charge in [-0.25, -0.2) is 18.6 Å². The molecule has 1 unspecified atom stereocenters. The average molecular weight is 335 g/mol. The summed E-state index contributed by atoms with van der Waals surface area (Å²) >= 11 is 0. The SMILES string of the molecule is CC(=NNC(=O)NC1CCS(=O)(=O)C1)c1ccc2c(c1)CCC2. The molecule has 2 amide bonds. The van der Waals surface area contributed by atoms with Crippen LogP contribution in [0.25, 0.3) is 0 Å². The topological polar surface area (TPSA) is 87.6 Å². The molecule has 0 aromatic heterocycles. The van der Waals surface area contributed by atoms with Crippen molar-refractivity contribution in [2.75, 3.05) is 11.5 Å². The third-order valence-electron chi connectivity index (χ3n) is 4.41. The Balaban J connectivity index is 1.58. The number of carbonyl (C=O) groups excluding carboxylic acids is 1. The zero-order valence-electron chi connectivity index (χ0n) is 13.1. The minimum absolute atomic E-state index is 0.00788. The fourth-order valence-corrected chi connectivity index (χ4v) is 4.80. The minimum atomic E-state index is -3.00. The van der Waals surface area contributed by atoms with Gasteiger partial charge in [0.1, 0.15) is 0 Å². The zero-order valence-corrected chi connectivity index (χ0v) is 13.9. The van der Waals surface area contributed by atoms with E-state index in [0.29, 0.717) is 6.42 Å². The highest BCUT2D eigenvalue weighted by molar-refractivity contribution is 7.91. The van der Waals surface area contributed by atoms with Crippen molar-refractivity contribution in [1.29, 1.82) is 0 Å². The highest BCUT2D eigenvalue weighted by Gasteiger charge is 2.28. The summed E-state index contributed by atoms with van der Waals surface area (Å²) in [5, 5.41) is 6.75. The van der Waals surface area contributed by atoms with Crippen LogP contribution in [0.5, 0.6) is 0 Å². The molecule has 2 aliphatic rings. The third kappa shape index (κ3) is 3.90. The molecule has 1 atom stereocenters. The molecule has 7 heteroatoms. The number of hydrogen-bond donors (Lipinski definition) is 2. The largest absolute Gasteiger partial charge is 0.335 e.